The molecule has 0 bridgehead atoms. The molecule has 0 saturated heterocycles. The smallest absolute Gasteiger partial charge is 0.0951 e. The van der Waals surface area contributed by atoms with Gasteiger partial charge in [-0.25, -0.2) is 0 Å². The second kappa shape index (κ2) is 9.75. The maximum atomic E-state index is 5.87. The van der Waals surface area contributed by atoms with Gasteiger partial charge in [0.2, 0.25) is 0 Å². The highest BCUT2D eigenvalue weighted by molar-refractivity contribution is 7.13. The van der Waals surface area contributed by atoms with E-state index in [-0.39, 0.29) is 0 Å². The van der Waals surface area contributed by atoms with Gasteiger partial charge < -0.3 is 0 Å². The van der Waals surface area contributed by atoms with Crippen LogP contribution in [-0.4, -0.2) is 0 Å². The van der Waals surface area contributed by atoms with E-state index in [1.165, 1.54) is 51.4 Å². The SMILES string of the molecule is C#Cc1c(C#CC2CCCC2)sc(C#CC2CCCC2)c1C#CCC(C)C. The van der Waals surface area contributed by atoms with Crippen molar-refractivity contribution in [1.82, 2.24) is 0 Å². The summed E-state index contributed by atoms with van der Waals surface area (Å²) < 4.78 is 0. The second-order valence-electron chi connectivity index (χ2n) is 8.06. The molecular weight excluding hydrogens is 344 g/mol. The third-order valence-electron chi connectivity index (χ3n) is 5.27. The maximum Gasteiger partial charge on any atom is 0.0951 e. The summed E-state index contributed by atoms with van der Waals surface area (Å²) in [6.45, 7) is 4.37. The van der Waals surface area contributed by atoms with Gasteiger partial charge in [0.1, 0.15) is 0 Å². The first-order valence-electron chi connectivity index (χ1n) is 10.3. The Hall–Kier alpha value is -2.06. The van der Waals surface area contributed by atoms with Crippen LogP contribution in [0.2, 0.25) is 0 Å². The Morgan fingerprint density at radius 2 is 1.37 bits per heavy atom. The molecular formula is C26H28S. The lowest BCUT2D eigenvalue weighted by Crippen LogP contribution is -1.88. The molecule has 138 valence electrons. The molecule has 0 aliphatic heterocycles. The average Bonchev–Trinajstić information content (AvgIpc) is 3.39. The Morgan fingerprint density at radius 3 is 1.85 bits per heavy atom. The molecule has 1 aromatic heterocycles. The molecule has 0 radical (unpaired) electrons. The lowest BCUT2D eigenvalue weighted by atomic mass is 10.1. The Labute approximate surface area is 169 Å². The van der Waals surface area contributed by atoms with Crippen LogP contribution in [0.25, 0.3) is 0 Å². The maximum absolute atomic E-state index is 5.87. The summed E-state index contributed by atoms with van der Waals surface area (Å²) >= 11 is 1.64. The van der Waals surface area contributed by atoms with Gasteiger partial charge in [-0.2, -0.15) is 0 Å². The first kappa shape index (κ1) is 19.7. The van der Waals surface area contributed by atoms with Gasteiger partial charge in [-0.3, -0.25) is 0 Å². The topological polar surface area (TPSA) is 0 Å². The summed E-state index contributed by atoms with van der Waals surface area (Å²) in [5, 5.41) is 0. The predicted octanol–water partition coefficient (Wildman–Crippen LogP) is 6.21. The molecule has 0 nitrogen and oxygen atoms in total. The van der Waals surface area contributed by atoms with Crippen LogP contribution < -0.4 is 0 Å². The van der Waals surface area contributed by atoms with Gasteiger partial charge in [0, 0.05) is 18.3 Å². The van der Waals surface area contributed by atoms with E-state index >= 15 is 0 Å². The normalized spacial score (nSPS) is 16.8. The molecule has 0 N–H and O–H groups in total. The van der Waals surface area contributed by atoms with Crippen molar-refractivity contribution in [2.45, 2.75) is 71.6 Å². The molecule has 0 spiro atoms. The molecule has 2 fully saturated rings. The molecule has 0 amide bonds. The van der Waals surface area contributed by atoms with Crippen LogP contribution in [0.4, 0.5) is 0 Å². The predicted molar refractivity (Wildman–Crippen MR) is 116 cm³/mol. The van der Waals surface area contributed by atoms with Crippen molar-refractivity contribution in [3.8, 4) is 47.9 Å². The molecule has 2 aliphatic carbocycles. The molecule has 0 atom stereocenters. The summed E-state index contributed by atoms with van der Waals surface area (Å²) in [4.78, 5) is 2.00. The van der Waals surface area contributed by atoms with Gasteiger partial charge in [0.05, 0.1) is 20.9 Å². The lowest BCUT2D eigenvalue weighted by molar-refractivity contribution is 0.676. The standard InChI is InChI=1S/C26H28S/c1-4-23-24(15-9-10-20(2)3)26(19-17-22-13-7-8-14-22)27-25(23)18-16-21-11-5-6-12-21/h1,20-22H,5-8,10-14H2,2-3H3. The van der Waals surface area contributed by atoms with Gasteiger partial charge >= 0.3 is 0 Å². The van der Waals surface area contributed by atoms with Crippen molar-refractivity contribution >= 4 is 11.3 Å². The first-order chi connectivity index (χ1) is 13.2. The fourth-order valence-corrected chi connectivity index (χ4v) is 4.63. The van der Waals surface area contributed by atoms with Gasteiger partial charge in [-0.05, 0) is 31.6 Å². The second-order valence-corrected chi connectivity index (χ2v) is 9.08. The molecule has 1 heterocycles. The number of hydrogen-bond donors (Lipinski definition) is 0. The summed E-state index contributed by atoms with van der Waals surface area (Å²) in [6, 6.07) is 0. The largest absolute Gasteiger partial charge is 0.115 e. The highest BCUT2D eigenvalue weighted by atomic mass is 32.1. The summed E-state index contributed by atoms with van der Waals surface area (Å²) in [5.74, 6) is 24.8. The molecule has 0 aromatic carbocycles. The zero-order valence-corrected chi connectivity index (χ0v) is 17.4. The van der Waals surface area contributed by atoms with Crippen LogP contribution in [0.1, 0.15) is 92.5 Å². The average molecular weight is 373 g/mol. The molecule has 27 heavy (non-hydrogen) atoms. The lowest BCUT2D eigenvalue weighted by Gasteiger charge is -1.96. The van der Waals surface area contributed by atoms with Gasteiger partial charge in [0.15, 0.2) is 0 Å². The Balaban J connectivity index is 1.95. The molecule has 2 aliphatic rings. The van der Waals surface area contributed by atoms with E-state index in [1.54, 1.807) is 11.3 Å². The number of terminal acetylenes is 1. The van der Waals surface area contributed by atoms with Crippen molar-refractivity contribution in [1.29, 1.82) is 0 Å². The minimum Gasteiger partial charge on any atom is -0.115 e. The monoisotopic (exact) mass is 372 g/mol. The summed E-state index contributed by atoms with van der Waals surface area (Å²) in [7, 11) is 0. The van der Waals surface area contributed by atoms with E-state index in [1.807, 2.05) is 0 Å². The molecule has 2 saturated carbocycles. The van der Waals surface area contributed by atoms with Gasteiger partial charge in [-0.15, -0.1) is 17.8 Å². The Morgan fingerprint density at radius 1 is 0.852 bits per heavy atom. The molecule has 1 aromatic rings. The highest BCUT2D eigenvalue weighted by Gasteiger charge is 2.16. The van der Waals surface area contributed by atoms with Crippen molar-refractivity contribution < 1.29 is 0 Å². The first-order valence-corrected chi connectivity index (χ1v) is 11.1. The van der Waals surface area contributed by atoms with Crippen LogP contribution in [0.3, 0.4) is 0 Å². The van der Waals surface area contributed by atoms with Crippen LogP contribution in [0, 0.1) is 65.6 Å². The van der Waals surface area contributed by atoms with E-state index in [2.05, 4.69) is 55.3 Å². The van der Waals surface area contributed by atoms with Crippen molar-refractivity contribution in [2.75, 3.05) is 0 Å². The highest BCUT2D eigenvalue weighted by Crippen LogP contribution is 2.29. The molecule has 0 unspecified atom stereocenters. The van der Waals surface area contributed by atoms with E-state index in [4.69, 9.17) is 6.42 Å². The number of thiophene rings is 1. The fourth-order valence-electron chi connectivity index (χ4n) is 3.68. The van der Waals surface area contributed by atoms with Gasteiger partial charge in [0.25, 0.3) is 0 Å². The Bertz CT molecular complexity index is 874. The molecule has 3 rings (SSSR count). The van der Waals surface area contributed by atoms with E-state index in [0.717, 1.165) is 27.3 Å². The number of rotatable bonds is 1. The summed E-state index contributed by atoms with van der Waals surface area (Å²) in [5.41, 5.74) is 1.79. The zero-order valence-electron chi connectivity index (χ0n) is 16.6. The molecule has 1 heteroatoms. The quantitative estimate of drug-likeness (QED) is 0.514. The minimum atomic E-state index is 0.529. The van der Waals surface area contributed by atoms with Crippen LogP contribution in [0.5, 0.6) is 0 Å². The van der Waals surface area contributed by atoms with Crippen molar-refractivity contribution in [3.05, 3.63) is 20.9 Å². The number of hydrogen-bond acceptors (Lipinski definition) is 1. The van der Waals surface area contributed by atoms with Crippen LogP contribution >= 0.6 is 11.3 Å². The van der Waals surface area contributed by atoms with E-state index in [0.29, 0.717) is 17.8 Å². The van der Waals surface area contributed by atoms with Crippen LogP contribution in [-0.2, 0) is 0 Å². The van der Waals surface area contributed by atoms with Crippen molar-refractivity contribution in [2.24, 2.45) is 17.8 Å². The van der Waals surface area contributed by atoms with E-state index in [9.17, 15) is 0 Å². The fraction of sp³-hybridized carbons (Fsp3) is 0.538. The zero-order chi connectivity index (χ0) is 19.1. The van der Waals surface area contributed by atoms with Crippen LogP contribution in [0.15, 0.2) is 0 Å². The van der Waals surface area contributed by atoms with E-state index < -0.39 is 0 Å². The van der Waals surface area contributed by atoms with Crippen molar-refractivity contribution in [3.63, 3.8) is 0 Å². The summed E-state index contributed by atoms with van der Waals surface area (Å²) in [6.07, 6.45) is 16.8. The van der Waals surface area contributed by atoms with Gasteiger partial charge in [-0.1, -0.05) is 81.0 Å². The third kappa shape index (κ3) is 5.46. The minimum absolute atomic E-state index is 0.529. The Kier molecular flexibility index (Phi) is 7.11. The third-order valence-corrected chi connectivity index (χ3v) is 6.29.